The van der Waals surface area contributed by atoms with Crippen molar-refractivity contribution >= 4 is 11.6 Å². The fourth-order valence-corrected chi connectivity index (χ4v) is 2.49. The van der Waals surface area contributed by atoms with E-state index in [0.29, 0.717) is 17.3 Å². The van der Waals surface area contributed by atoms with E-state index in [9.17, 15) is 0 Å². The molecule has 112 valence electrons. The summed E-state index contributed by atoms with van der Waals surface area (Å²) >= 11 is 6.28. The number of halogens is 1. The van der Waals surface area contributed by atoms with Crippen LogP contribution in [0.4, 0.5) is 0 Å². The van der Waals surface area contributed by atoms with Crippen molar-refractivity contribution in [1.29, 1.82) is 0 Å². The van der Waals surface area contributed by atoms with Gasteiger partial charge in [0.15, 0.2) is 0 Å². The molecular weight excluding hydrogens is 282 g/mol. The molecule has 2 aromatic carbocycles. The normalized spacial score (nSPS) is 11.5. The van der Waals surface area contributed by atoms with Gasteiger partial charge in [-0.1, -0.05) is 62.2 Å². The Morgan fingerprint density at radius 1 is 1.14 bits per heavy atom. The van der Waals surface area contributed by atoms with Gasteiger partial charge in [0.1, 0.15) is 11.5 Å². The van der Waals surface area contributed by atoms with Gasteiger partial charge >= 0.3 is 0 Å². The van der Waals surface area contributed by atoms with Crippen molar-refractivity contribution in [3.05, 3.63) is 58.1 Å². The molecule has 0 saturated carbocycles. The van der Waals surface area contributed by atoms with Gasteiger partial charge in [-0.3, -0.25) is 0 Å². The van der Waals surface area contributed by atoms with E-state index in [1.54, 1.807) is 0 Å². The first kappa shape index (κ1) is 15.9. The minimum atomic E-state index is -0.00844. The molecule has 0 aliphatic rings. The summed E-state index contributed by atoms with van der Waals surface area (Å²) in [6.45, 7) is 8.99. The first-order chi connectivity index (χ1) is 9.82. The number of benzene rings is 2. The van der Waals surface area contributed by atoms with E-state index < -0.39 is 0 Å². The van der Waals surface area contributed by atoms with Crippen LogP contribution in [0.25, 0.3) is 0 Å². The molecule has 0 spiro atoms. The zero-order valence-corrected chi connectivity index (χ0v) is 13.8. The molecule has 0 atom stereocenters. The van der Waals surface area contributed by atoms with Crippen molar-refractivity contribution in [2.24, 2.45) is 5.73 Å². The Morgan fingerprint density at radius 3 is 2.48 bits per heavy atom. The number of hydrogen-bond acceptors (Lipinski definition) is 2. The molecule has 0 bridgehead atoms. The fourth-order valence-electron chi connectivity index (χ4n) is 2.26. The molecule has 0 aliphatic heterocycles. The molecule has 2 nitrogen and oxygen atoms in total. The van der Waals surface area contributed by atoms with Crippen LogP contribution in [0.2, 0.25) is 5.02 Å². The van der Waals surface area contributed by atoms with E-state index in [1.165, 1.54) is 5.56 Å². The van der Waals surface area contributed by atoms with Crippen LogP contribution in [0.1, 0.15) is 37.5 Å². The molecular formula is C18H22ClNO. The van der Waals surface area contributed by atoms with Crippen molar-refractivity contribution in [3.8, 4) is 11.5 Å². The molecule has 0 radical (unpaired) electrons. The number of rotatable bonds is 3. The summed E-state index contributed by atoms with van der Waals surface area (Å²) in [5.74, 6) is 1.48. The molecule has 2 aromatic rings. The second kappa shape index (κ2) is 6.08. The second-order valence-electron chi connectivity index (χ2n) is 6.28. The maximum atomic E-state index is 6.28. The van der Waals surface area contributed by atoms with Gasteiger partial charge in [-0.15, -0.1) is 0 Å². The van der Waals surface area contributed by atoms with E-state index in [-0.39, 0.29) is 5.41 Å². The minimum Gasteiger partial charge on any atom is -0.455 e. The summed E-state index contributed by atoms with van der Waals surface area (Å²) in [5.41, 5.74) is 9.05. The quantitative estimate of drug-likeness (QED) is 0.846. The summed E-state index contributed by atoms with van der Waals surface area (Å²) in [7, 11) is 0. The number of hydrogen-bond donors (Lipinski definition) is 1. The molecule has 2 N–H and O–H groups in total. The molecule has 0 amide bonds. The monoisotopic (exact) mass is 303 g/mol. The van der Waals surface area contributed by atoms with E-state index >= 15 is 0 Å². The van der Waals surface area contributed by atoms with E-state index in [1.807, 2.05) is 30.3 Å². The minimum absolute atomic E-state index is 0.00844. The maximum absolute atomic E-state index is 6.28. The van der Waals surface area contributed by atoms with Gasteiger partial charge < -0.3 is 10.5 Å². The Bertz CT molecular complexity index is 644. The third-order valence-electron chi connectivity index (χ3n) is 3.42. The molecule has 21 heavy (non-hydrogen) atoms. The Balaban J connectivity index is 2.50. The highest BCUT2D eigenvalue weighted by molar-refractivity contribution is 6.32. The average Bonchev–Trinajstić information content (AvgIpc) is 2.41. The first-order valence-electron chi connectivity index (χ1n) is 7.09. The summed E-state index contributed by atoms with van der Waals surface area (Å²) in [4.78, 5) is 0. The van der Waals surface area contributed by atoms with Crippen LogP contribution < -0.4 is 10.5 Å². The maximum Gasteiger partial charge on any atom is 0.150 e. The number of ether oxygens (including phenoxy) is 1. The molecule has 0 aliphatic carbocycles. The lowest BCUT2D eigenvalue weighted by molar-refractivity contribution is 0.450. The third kappa shape index (κ3) is 3.58. The average molecular weight is 304 g/mol. The van der Waals surface area contributed by atoms with Crippen LogP contribution in [0.15, 0.2) is 36.4 Å². The fraction of sp³-hybridized carbons (Fsp3) is 0.333. The summed E-state index contributed by atoms with van der Waals surface area (Å²) < 4.78 is 6.13. The zero-order valence-electron chi connectivity index (χ0n) is 13.0. The standard InChI is InChI=1S/C18H22ClNO/c1-12-8-9-16(14(10-12)18(2,3)4)21-17-13(11-20)6-5-7-15(17)19/h5-10H,11,20H2,1-4H3. The van der Waals surface area contributed by atoms with Crippen LogP contribution in [-0.4, -0.2) is 0 Å². The van der Waals surface area contributed by atoms with Crippen LogP contribution >= 0.6 is 11.6 Å². The lowest BCUT2D eigenvalue weighted by Crippen LogP contribution is -2.13. The topological polar surface area (TPSA) is 35.2 Å². The lowest BCUT2D eigenvalue weighted by Gasteiger charge is -2.24. The van der Waals surface area contributed by atoms with Gasteiger partial charge in [0.05, 0.1) is 5.02 Å². The van der Waals surface area contributed by atoms with E-state index in [2.05, 4.69) is 33.8 Å². The van der Waals surface area contributed by atoms with Gasteiger partial charge in [0, 0.05) is 17.7 Å². The van der Waals surface area contributed by atoms with Crippen molar-refractivity contribution in [3.63, 3.8) is 0 Å². The number of para-hydroxylation sites is 1. The molecule has 0 unspecified atom stereocenters. The zero-order chi connectivity index (χ0) is 15.6. The Morgan fingerprint density at radius 2 is 1.86 bits per heavy atom. The highest BCUT2D eigenvalue weighted by Crippen LogP contribution is 2.38. The van der Waals surface area contributed by atoms with Crippen molar-refractivity contribution < 1.29 is 4.74 Å². The molecule has 3 heteroatoms. The van der Waals surface area contributed by atoms with E-state index in [0.717, 1.165) is 16.9 Å². The molecule has 0 saturated heterocycles. The summed E-state index contributed by atoms with van der Waals surface area (Å²) in [5, 5.41) is 0.582. The van der Waals surface area contributed by atoms with Gasteiger partial charge in [-0.05, 0) is 24.5 Å². The Hall–Kier alpha value is -1.51. The SMILES string of the molecule is Cc1ccc(Oc2c(Cl)cccc2CN)c(C(C)(C)C)c1. The number of aryl methyl sites for hydroxylation is 1. The summed E-state index contributed by atoms with van der Waals surface area (Å²) in [6, 6.07) is 11.8. The molecule has 0 aromatic heterocycles. The summed E-state index contributed by atoms with van der Waals surface area (Å²) in [6.07, 6.45) is 0. The van der Waals surface area contributed by atoms with Gasteiger partial charge in [-0.2, -0.15) is 0 Å². The van der Waals surface area contributed by atoms with Crippen molar-refractivity contribution in [2.75, 3.05) is 0 Å². The lowest BCUT2D eigenvalue weighted by atomic mass is 9.85. The van der Waals surface area contributed by atoms with Crippen LogP contribution in [-0.2, 0) is 12.0 Å². The predicted octanol–water partition coefficient (Wildman–Crippen LogP) is 5.20. The van der Waals surface area contributed by atoms with Gasteiger partial charge in [0.2, 0.25) is 0 Å². The number of nitrogens with two attached hydrogens (primary N) is 1. The van der Waals surface area contributed by atoms with Crippen LogP contribution in [0.5, 0.6) is 11.5 Å². The molecule has 0 heterocycles. The van der Waals surface area contributed by atoms with Gasteiger partial charge in [-0.25, -0.2) is 0 Å². The van der Waals surface area contributed by atoms with Gasteiger partial charge in [0.25, 0.3) is 0 Å². The van der Waals surface area contributed by atoms with Crippen LogP contribution in [0, 0.1) is 6.92 Å². The Labute approximate surface area is 131 Å². The largest absolute Gasteiger partial charge is 0.455 e. The van der Waals surface area contributed by atoms with E-state index in [4.69, 9.17) is 22.1 Å². The molecule has 2 rings (SSSR count). The Kier molecular flexibility index (Phi) is 4.60. The first-order valence-corrected chi connectivity index (χ1v) is 7.47. The molecule has 0 fully saturated rings. The highest BCUT2D eigenvalue weighted by Gasteiger charge is 2.20. The predicted molar refractivity (Wildman–Crippen MR) is 89.3 cm³/mol. The smallest absolute Gasteiger partial charge is 0.150 e. The highest BCUT2D eigenvalue weighted by atomic mass is 35.5. The van der Waals surface area contributed by atoms with Crippen molar-refractivity contribution in [2.45, 2.75) is 39.7 Å². The third-order valence-corrected chi connectivity index (χ3v) is 3.72. The van der Waals surface area contributed by atoms with Crippen molar-refractivity contribution in [1.82, 2.24) is 0 Å². The second-order valence-corrected chi connectivity index (χ2v) is 6.69. The van der Waals surface area contributed by atoms with Crippen LogP contribution in [0.3, 0.4) is 0 Å².